The standard InChI is InChI=1S/C35H47NO2P2/c1-28(36(2)39(30-20-10-5-11-21-30)34-27-17-16-26-33(34)37-3)35(29-18-8-4-9-19-29)38-40(31-22-12-6-13-23-31)32-24-14-7-15-25-32/h4-5,8-11,16-21,26-28,31-32,35H,6-7,12-15,22-25H2,1-3H3/t28-,35-,39?/m1/s1. The second-order valence-corrected chi connectivity index (χ2v) is 16.2. The average Bonchev–Trinajstić information content (AvgIpc) is 3.03. The van der Waals surface area contributed by atoms with Gasteiger partial charge in [-0.05, 0) is 62.7 Å². The molecule has 0 N–H and O–H groups in total. The molecule has 2 aliphatic rings. The van der Waals surface area contributed by atoms with Crippen molar-refractivity contribution >= 4 is 26.8 Å². The third kappa shape index (κ3) is 7.17. The summed E-state index contributed by atoms with van der Waals surface area (Å²) in [4.78, 5) is 0. The molecule has 214 valence electrons. The van der Waals surface area contributed by atoms with E-state index in [9.17, 15) is 0 Å². The highest BCUT2D eigenvalue weighted by Crippen LogP contribution is 2.60. The number of nitrogens with zero attached hydrogens (tertiary/aromatic N) is 1. The van der Waals surface area contributed by atoms with Crippen LogP contribution >= 0.6 is 16.2 Å². The monoisotopic (exact) mass is 575 g/mol. The molecule has 3 atom stereocenters. The second kappa shape index (κ2) is 14.9. The highest BCUT2D eigenvalue weighted by molar-refractivity contribution is 7.71. The minimum atomic E-state index is -0.819. The Morgan fingerprint density at radius 1 is 0.700 bits per heavy atom. The van der Waals surface area contributed by atoms with Crippen molar-refractivity contribution in [2.24, 2.45) is 0 Å². The summed E-state index contributed by atoms with van der Waals surface area (Å²) in [5, 5.41) is 2.60. The van der Waals surface area contributed by atoms with Gasteiger partial charge in [-0.25, -0.2) is 0 Å². The molecule has 3 nitrogen and oxygen atoms in total. The summed E-state index contributed by atoms with van der Waals surface area (Å²) in [7, 11) is 2.78. The maximum absolute atomic E-state index is 7.58. The summed E-state index contributed by atoms with van der Waals surface area (Å²) in [6.07, 6.45) is 13.7. The summed E-state index contributed by atoms with van der Waals surface area (Å²) in [5.74, 6) is 0.959. The molecule has 0 bridgehead atoms. The molecule has 5 heteroatoms. The third-order valence-corrected chi connectivity index (χ3v) is 14.4. The summed E-state index contributed by atoms with van der Waals surface area (Å²) in [6.45, 7) is 2.39. The van der Waals surface area contributed by atoms with E-state index in [1.807, 2.05) is 0 Å². The van der Waals surface area contributed by atoms with Gasteiger partial charge in [0.1, 0.15) is 11.9 Å². The van der Waals surface area contributed by atoms with Crippen LogP contribution in [0.1, 0.15) is 82.8 Å². The fraction of sp³-hybridized carbons (Fsp3) is 0.486. The van der Waals surface area contributed by atoms with Gasteiger partial charge in [0.25, 0.3) is 0 Å². The van der Waals surface area contributed by atoms with Crippen molar-refractivity contribution in [2.75, 3.05) is 14.2 Å². The van der Waals surface area contributed by atoms with Crippen molar-refractivity contribution in [2.45, 2.75) is 94.6 Å². The number of hydrogen-bond acceptors (Lipinski definition) is 3. The molecule has 2 fully saturated rings. The molecule has 2 saturated carbocycles. The number of ether oxygens (including phenoxy) is 1. The first kappa shape index (κ1) is 29.7. The molecule has 0 saturated heterocycles. The van der Waals surface area contributed by atoms with Crippen LogP contribution in [0.15, 0.2) is 84.9 Å². The van der Waals surface area contributed by atoms with Gasteiger partial charge in [0, 0.05) is 38.9 Å². The molecule has 40 heavy (non-hydrogen) atoms. The predicted molar refractivity (Wildman–Crippen MR) is 174 cm³/mol. The van der Waals surface area contributed by atoms with Crippen LogP contribution in [0.5, 0.6) is 5.75 Å². The number of para-hydroxylation sites is 1. The fourth-order valence-corrected chi connectivity index (χ4v) is 12.4. The Labute approximate surface area is 245 Å². The van der Waals surface area contributed by atoms with Crippen LogP contribution in [0.2, 0.25) is 0 Å². The molecule has 0 radical (unpaired) electrons. The van der Waals surface area contributed by atoms with Gasteiger partial charge in [-0.1, -0.05) is 111 Å². The summed E-state index contributed by atoms with van der Waals surface area (Å²) < 4.78 is 16.1. The Balaban J connectivity index is 1.51. The number of rotatable bonds is 11. The highest BCUT2D eigenvalue weighted by atomic mass is 31.1. The van der Waals surface area contributed by atoms with Crippen molar-refractivity contribution in [3.05, 3.63) is 90.5 Å². The van der Waals surface area contributed by atoms with E-state index < -0.39 is 16.2 Å². The Hall–Kier alpha value is -1.76. The summed E-state index contributed by atoms with van der Waals surface area (Å²) >= 11 is 0. The van der Waals surface area contributed by atoms with Crippen LogP contribution in [0, 0.1) is 0 Å². The minimum Gasteiger partial charge on any atom is -0.496 e. The Morgan fingerprint density at radius 3 is 1.80 bits per heavy atom. The van der Waals surface area contributed by atoms with E-state index in [2.05, 4.69) is 104 Å². The molecule has 0 aliphatic heterocycles. The zero-order chi connectivity index (χ0) is 27.7. The van der Waals surface area contributed by atoms with Crippen LogP contribution in [-0.4, -0.2) is 36.2 Å². The lowest BCUT2D eigenvalue weighted by Crippen LogP contribution is -2.37. The lowest BCUT2D eigenvalue weighted by molar-refractivity contribution is 0.144. The topological polar surface area (TPSA) is 21.7 Å². The van der Waals surface area contributed by atoms with Crippen molar-refractivity contribution in [3.63, 3.8) is 0 Å². The SMILES string of the molecule is COc1ccccc1P(c1ccccc1)N(C)[C@H](C)[C@@H](OP(C1CCCCC1)C1CCCCC1)c1ccccc1. The summed E-state index contributed by atoms with van der Waals surface area (Å²) in [5.41, 5.74) is 2.81. The van der Waals surface area contributed by atoms with Crippen LogP contribution in [-0.2, 0) is 4.52 Å². The molecular weight excluding hydrogens is 528 g/mol. The second-order valence-electron chi connectivity index (χ2n) is 11.5. The first-order valence-electron chi connectivity index (χ1n) is 15.4. The van der Waals surface area contributed by atoms with E-state index in [-0.39, 0.29) is 12.1 Å². The number of likely N-dealkylation sites (N-methyl/N-ethyl adjacent to an activating group) is 1. The van der Waals surface area contributed by atoms with Crippen LogP contribution in [0.25, 0.3) is 0 Å². The molecular formula is C35H47NO2P2. The van der Waals surface area contributed by atoms with E-state index in [0.29, 0.717) is 0 Å². The molecule has 5 rings (SSSR count). The van der Waals surface area contributed by atoms with Crippen molar-refractivity contribution < 1.29 is 9.26 Å². The maximum Gasteiger partial charge on any atom is 0.128 e. The molecule has 0 heterocycles. The molecule has 2 aliphatic carbocycles. The Morgan fingerprint density at radius 2 is 1.23 bits per heavy atom. The van der Waals surface area contributed by atoms with E-state index in [1.165, 1.54) is 80.4 Å². The Kier molecular flexibility index (Phi) is 11.1. The van der Waals surface area contributed by atoms with Crippen LogP contribution in [0.4, 0.5) is 0 Å². The van der Waals surface area contributed by atoms with Crippen LogP contribution in [0.3, 0.4) is 0 Å². The molecule has 3 aromatic rings. The molecule has 1 unspecified atom stereocenters. The van der Waals surface area contributed by atoms with Gasteiger partial charge < -0.3 is 9.26 Å². The molecule has 3 aromatic carbocycles. The van der Waals surface area contributed by atoms with Crippen molar-refractivity contribution in [1.82, 2.24) is 4.67 Å². The van der Waals surface area contributed by atoms with E-state index in [1.54, 1.807) is 7.11 Å². The number of methoxy groups -OCH3 is 1. The van der Waals surface area contributed by atoms with Gasteiger partial charge in [0.15, 0.2) is 0 Å². The fourth-order valence-electron chi connectivity index (χ4n) is 6.59. The zero-order valence-electron chi connectivity index (χ0n) is 24.6. The quantitative estimate of drug-likeness (QED) is 0.213. The first-order valence-corrected chi connectivity index (χ1v) is 18.1. The first-order chi connectivity index (χ1) is 19.7. The van der Waals surface area contributed by atoms with Crippen molar-refractivity contribution in [3.8, 4) is 5.75 Å². The zero-order valence-corrected chi connectivity index (χ0v) is 26.4. The van der Waals surface area contributed by atoms with Gasteiger partial charge in [-0.15, -0.1) is 0 Å². The van der Waals surface area contributed by atoms with Gasteiger partial charge in [0.05, 0.1) is 7.11 Å². The van der Waals surface area contributed by atoms with E-state index in [4.69, 9.17) is 9.26 Å². The molecule has 0 amide bonds. The normalized spacial score (nSPS) is 19.4. The third-order valence-electron chi connectivity index (χ3n) is 8.89. The lowest BCUT2D eigenvalue weighted by Gasteiger charge is -2.43. The van der Waals surface area contributed by atoms with Gasteiger partial charge in [-0.3, -0.25) is 4.67 Å². The lowest BCUT2D eigenvalue weighted by atomic mass is 10.00. The van der Waals surface area contributed by atoms with Gasteiger partial charge in [0.2, 0.25) is 0 Å². The van der Waals surface area contributed by atoms with Gasteiger partial charge in [-0.2, -0.15) is 0 Å². The Bertz CT molecular complexity index is 1130. The molecule has 0 spiro atoms. The average molecular weight is 576 g/mol. The highest BCUT2D eigenvalue weighted by Gasteiger charge is 2.38. The number of benzene rings is 3. The smallest absolute Gasteiger partial charge is 0.128 e. The molecule has 0 aromatic heterocycles. The van der Waals surface area contributed by atoms with Crippen molar-refractivity contribution in [1.29, 1.82) is 0 Å². The maximum atomic E-state index is 7.58. The number of hydrogen-bond donors (Lipinski definition) is 0. The van der Waals surface area contributed by atoms with E-state index in [0.717, 1.165) is 17.1 Å². The largest absolute Gasteiger partial charge is 0.496 e. The van der Waals surface area contributed by atoms with Gasteiger partial charge >= 0.3 is 0 Å². The predicted octanol–water partition coefficient (Wildman–Crippen LogP) is 9.18. The minimum absolute atomic E-state index is 0.0320. The summed E-state index contributed by atoms with van der Waals surface area (Å²) in [6, 6.07) is 30.8. The van der Waals surface area contributed by atoms with Crippen LogP contribution < -0.4 is 15.3 Å². The van der Waals surface area contributed by atoms with E-state index >= 15 is 0 Å².